The molecule has 2 rings (SSSR count). The smallest absolute Gasteiger partial charge is 0.243 e. The van der Waals surface area contributed by atoms with E-state index in [4.69, 9.17) is 15.0 Å². The van der Waals surface area contributed by atoms with Gasteiger partial charge in [-0.1, -0.05) is 23.4 Å². The van der Waals surface area contributed by atoms with E-state index in [0.29, 0.717) is 24.1 Å². The van der Waals surface area contributed by atoms with Gasteiger partial charge in [0.1, 0.15) is 0 Å². The highest BCUT2D eigenvalue weighted by Crippen LogP contribution is 2.22. The third kappa shape index (κ3) is 4.63. The summed E-state index contributed by atoms with van der Waals surface area (Å²) in [5.41, 5.74) is 6.00. The van der Waals surface area contributed by atoms with E-state index >= 15 is 0 Å². The highest BCUT2D eigenvalue weighted by Gasteiger charge is 2.14. The zero-order valence-electron chi connectivity index (χ0n) is 11.5. The third-order valence-corrected chi connectivity index (χ3v) is 3.78. The van der Waals surface area contributed by atoms with E-state index in [-0.39, 0.29) is 6.04 Å². The molecule has 6 heteroatoms. The van der Waals surface area contributed by atoms with Crippen LogP contribution >= 0.6 is 11.8 Å². The summed E-state index contributed by atoms with van der Waals surface area (Å²) in [5.74, 6) is 1.86. The van der Waals surface area contributed by atoms with E-state index in [1.807, 2.05) is 18.2 Å². The SMILES string of the molecule is COCCCC(N)c1nc(CSc2ccccc2)no1. The van der Waals surface area contributed by atoms with E-state index in [1.165, 1.54) is 4.90 Å². The van der Waals surface area contributed by atoms with Crippen LogP contribution in [-0.2, 0) is 10.5 Å². The van der Waals surface area contributed by atoms with Crippen molar-refractivity contribution in [2.45, 2.75) is 29.5 Å². The van der Waals surface area contributed by atoms with Crippen LogP contribution in [0.4, 0.5) is 0 Å². The Kier molecular flexibility index (Phi) is 6.04. The van der Waals surface area contributed by atoms with Crippen molar-refractivity contribution in [2.24, 2.45) is 5.73 Å². The molecule has 0 spiro atoms. The highest BCUT2D eigenvalue weighted by atomic mass is 32.2. The molecule has 0 aliphatic carbocycles. The quantitative estimate of drug-likeness (QED) is 0.596. The van der Waals surface area contributed by atoms with Crippen LogP contribution in [0.1, 0.15) is 30.6 Å². The molecule has 2 N–H and O–H groups in total. The molecule has 0 aliphatic heterocycles. The fourth-order valence-corrected chi connectivity index (χ4v) is 2.47. The Morgan fingerprint density at radius 1 is 1.35 bits per heavy atom. The summed E-state index contributed by atoms with van der Waals surface area (Å²) in [6.07, 6.45) is 1.66. The summed E-state index contributed by atoms with van der Waals surface area (Å²) in [5, 5.41) is 3.96. The maximum absolute atomic E-state index is 6.00. The molecule has 1 aromatic heterocycles. The first-order valence-electron chi connectivity index (χ1n) is 6.54. The topological polar surface area (TPSA) is 74.2 Å². The van der Waals surface area contributed by atoms with Gasteiger partial charge in [0.25, 0.3) is 0 Å². The number of hydrogen-bond acceptors (Lipinski definition) is 6. The lowest BCUT2D eigenvalue weighted by Gasteiger charge is -2.04. The molecule has 1 atom stereocenters. The number of methoxy groups -OCH3 is 1. The van der Waals surface area contributed by atoms with E-state index in [9.17, 15) is 0 Å². The molecule has 2 aromatic rings. The minimum atomic E-state index is -0.215. The molecule has 20 heavy (non-hydrogen) atoms. The largest absolute Gasteiger partial charge is 0.385 e. The van der Waals surface area contributed by atoms with Crippen molar-refractivity contribution >= 4 is 11.8 Å². The van der Waals surface area contributed by atoms with Gasteiger partial charge in [0, 0.05) is 18.6 Å². The average molecular weight is 293 g/mol. The van der Waals surface area contributed by atoms with E-state index in [1.54, 1.807) is 18.9 Å². The van der Waals surface area contributed by atoms with Crippen LogP contribution < -0.4 is 5.73 Å². The molecule has 108 valence electrons. The van der Waals surface area contributed by atoms with Crippen molar-refractivity contribution in [3.05, 3.63) is 42.0 Å². The summed E-state index contributed by atoms with van der Waals surface area (Å²) < 4.78 is 10.2. The van der Waals surface area contributed by atoms with Crippen molar-refractivity contribution in [3.63, 3.8) is 0 Å². The lowest BCUT2D eigenvalue weighted by molar-refractivity contribution is 0.188. The van der Waals surface area contributed by atoms with Crippen molar-refractivity contribution in [1.82, 2.24) is 10.1 Å². The third-order valence-electron chi connectivity index (χ3n) is 2.78. The molecule has 0 saturated carbocycles. The van der Waals surface area contributed by atoms with E-state index in [0.717, 1.165) is 12.8 Å². The fourth-order valence-electron chi connectivity index (χ4n) is 1.71. The molecular formula is C14H19N3O2S. The molecule has 0 radical (unpaired) electrons. The lowest BCUT2D eigenvalue weighted by Crippen LogP contribution is -2.11. The molecule has 0 amide bonds. The molecular weight excluding hydrogens is 274 g/mol. The number of hydrogen-bond donors (Lipinski definition) is 1. The Morgan fingerprint density at radius 3 is 2.90 bits per heavy atom. The van der Waals surface area contributed by atoms with Crippen LogP contribution in [0.15, 0.2) is 39.8 Å². The number of nitrogens with two attached hydrogens (primary N) is 1. The zero-order valence-corrected chi connectivity index (χ0v) is 12.3. The highest BCUT2D eigenvalue weighted by molar-refractivity contribution is 7.98. The summed E-state index contributed by atoms with van der Waals surface area (Å²) in [4.78, 5) is 5.52. The Morgan fingerprint density at radius 2 is 2.15 bits per heavy atom. The molecule has 1 aromatic carbocycles. The Hall–Kier alpha value is -1.37. The normalized spacial score (nSPS) is 12.5. The second-order valence-electron chi connectivity index (χ2n) is 4.39. The van der Waals surface area contributed by atoms with E-state index < -0.39 is 0 Å². The van der Waals surface area contributed by atoms with Gasteiger partial charge < -0.3 is 15.0 Å². The lowest BCUT2D eigenvalue weighted by atomic mass is 10.2. The molecule has 5 nitrogen and oxygen atoms in total. The van der Waals surface area contributed by atoms with Gasteiger partial charge >= 0.3 is 0 Å². The summed E-state index contributed by atoms with van der Waals surface area (Å²) in [6, 6.07) is 9.92. The first-order chi connectivity index (χ1) is 9.79. The Bertz CT molecular complexity index is 504. The van der Waals surface area contributed by atoms with Gasteiger partial charge in [0.15, 0.2) is 5.82 Å². The van der Waals surface area contributed by atoms with Crippen molar-refractivity contribution in [3.8, 4) is 0 Å². The number of aromatic nitrogens is 2. The van der Waals surface area contributed by atoms with Crippen molar-refractivity contribution in [2.75, 3.05) is 13.7 Å². The Balaban J connectivity index is 1.82. The van der Waals surface area contributed by atoms with Crippen LogP contribution in [0.3, 0.4) is 0 Å². The second-order valence-corrected chi connectivity index (χ2v) is 5.44. The molecule has 1 unspecified atom stereocenters. The molecule has 0 aliphatic rings. The van der Waals surface area contributed by atoms with Crippen LogP contribution in [0.2, 0.25) is 0 Å². The molecule has 1 heterocycles. The van der Waals surface area contributed by atoms with Gasteiger partial charge in [-0.2, -0.15) is 4.98 Å². The number of nitrogens with zero attached hydrogens (tertiary/aromatic N) is 2. The van der Waals surface area contributed by atoms with Crippen molar-refractivity contribution < 1.29 is 9.26 Å². The molecule has 0 bridgehead atoms. The van der Waals surface area contributed by atoms with Crippen LogP contribution in [0, 0.1) is 0 Å². The van der Waals surface area contributed by atoms with Gasteiger partial charge in [-0.15, -0.1) is 11.8 Å². The summed E-state index contributed by atoms with van der Waals surface area (Å²) in [7, 11) is 1.68. The maximum Gasteiger partial charge on any atom is 0.243 e. The van der Waals surface area contributed by atoms with Gasteiger partial charge in [-0.3, -0.25) is 0 Å². The maximum atomic E-state index is 6.00. The van der Waals surface area contributed by atoms with Gasteiger partial charge in [0.2, 0.25) is 5.89 Å². The fraction of sp³-hybridized carbons (Fsp3) is 0.429. The van der Waals surface area contributed by atoms with Crippen molar-refractivity contribution in [1.29, 1.82) is 0 Å². The molecule has 0 saturated heterocycles. The number of benzene rings is 1. The number of thioether (sulfide) groups is 1. The average Bonchev–Trinajstić information content (AvgIpc) is 2.95. The Labute approximate surface area is 122 Å². The monoisotopic (exact) mass is 293 g/mol. The summed E-state index contributed by atoms with van der Waals surface area (Å²) in [6.45, 7) is 0.693. The van der Waals surface area contributed by atoms with E-state index in [2.05, 4.69) is 22.3 Å². The standard InChI is InChI=1S/C14H19N3O2S/c1-18-9-5-8-12(15)14-16-13(17-19-14)10-20-11-6-3-2-4-7-11/h2-4,6-7,12H,5,8-10,15H2,1H3. The van der Waals surface area contributed by atoms with Gasteiger partial charge in [-0.05, 0) is 25.0 Å². The molecule has 0 fully saturated rings. The minimum absolute atomic E-state index is 0.215. The van der Waals surface area contributed by atoms with Gasteiger partial charge in [0.05, 0.1) is 11.8 Å². The van der Waals surface area contributed by atoms with Crippen LogP contribution in [-0.4, -0.2) is 23.9 Å². The second kappa shape index (κ2) is 8.04. The minimum Gasteiger partial charge on any atom is -0.385 e. The summed E-state index contributed by atoms with van der Waals surface area (Å²) >= 11 is 1.67. The number of rotatable bonds is 8. The van der Waals surface area contributed by atoms with Crippen LogP contribution in [0.5, 0.6) is 0 Å². The predicted molar refractivity (Wildman–Crippen MR) is 78.3 cm³/mol. The van der Waals surface area contributed by atoms with Crippen LogP contribution in [0.25, 0.3) is 0 Å². The predicted octanol–water partition coefficient (Wildman–Crippen LogP) is 2.79. The zero-order chi connectivity index (χ0) is 14.2. The first-order valence-corrected chi connectivity index (χ1v) is 7.53. The number of ether oxygens (including phenoxy) is 1. The first kappa shape index (κ1) is 15.0. The van der Waals surface area contributed by atoms with Gasteiger partial charge in [-0.25, -0.2) is 0 Å².